The minimum absolute atomic E-state index is 0. The maximum Gasteiger partial charge on any atom is 0 e. The molecule has 1 aliphatic carbocycles. The van der Waals surface area contributed by atoms with Crippen LogP contribution in [-0.4, -0.2) is 0 Å². The molecule has 0 saturated heterocycles. The number of rotatable bonds is 2. The molecular formula is C12H13Zr-. The Bertz CT molecular complexity index is 302. The van der Waals surface area contributed by atoms with Crippen molar-refractivity contribution >= 4 is 6.08 Å². The minimum Gasteiger partial charge on any atom is -0.268 e. The van der Waals surface area contributed by atoms with Crippen molar-refractivity contribution in [3.05, 3.63) is 41.5 Å². The fourth-order valence-electron chi connectivity index (χ4n) is 1.77. The predicted molar refractivity (Wildman–Crippen MR) is 51.8 cm³/mol. The summed E-state index contributed by atoms with van der Waals surface area (Å²) in [6.45, 7) is 2.22. The molecule has 0 bridgehead atoms. The minimum atomic E-state index is 0. The maximum atomic E-state index is 3.40. The summed E-state index contributed by atoms with van der Waals surface area (Å²) in [6, 6.07) is 8.58. The molecule has 1 aliphatic rings. The van der Waals surface area contributed by atoms with Gasteiger partial charge in [0, 0.05) is 26.2 Å². The second kappa shape index (κ2) is 4.91. The van der Waals surface area contributed by atoms with Gasteiger partial charge in [-0.1, -0.05) is 43.9 Å². The first kappa shape index (κ1) is 10.9. The van der Waals surface area contributed by atoms with Crippen LogP contribution in [0.2, 0.25) is 0 Å². The largest absolute Gasteiger partial charge is 0.268 e. The first-order chi connectivity index (χ1) is 5.92. The molecule has 2 rings (SSSR count). The van der Waals surface area contributed by atoms with E-state index in [2.05, 4.69) is 43.3 Å². The molecule has 1 aromatic carbocycles. The molecule has 0 radical (unpaired) electrons. The Morgan fingerprint density at radius 3 is 2.85 bits per heavy atom. The molecule has 1 unspecified atom stereocenters. The normalized spacial score (nSPS) is 18.1. The average Bonchev–Trinajstić information content (AvgIpc) is 2.50. The second-order valence-electron chi connectivity index (χ2n) is 3.28. The zero-order chi connectivity index (χ0) is 8.39. The molecule has 0 nitrogen and oxygen atoms in total. The van der Waals surface area contributed by atoms with Crippen molar-refractivity contribution in [1.29, 1.82) is 0 Å². The monoisotopic (exact) mass is 247 g/mol. The number of allylic oxidation sites excluding steroid dienone is 1. The summed E-state index contributed by atoms with van der Waals surface area (Å²) in [7, 11) is 0. The van der Waals surface area contributed by atoms with Gasteiger partial charge in [0.15, 0.2) is 0 Å². The van der Waals surface area contributed by atoms with Crippen molar-refractivity contribution < 1.29 is 26.2 Å². The number of benzene rings is 1. The fraction of sp³-hybridized carbons (Fsp3) is 0.333. The molecule has 1 heteroatoms. The van der Waals surface area contributed by atoms with Crippen LogP contribution in [0.4, 0.5) is 0 Å². The van der Waals surface area contributed by atoms with Crippen LogP contribution >= 0.6 is 0 Å². The van der Waals surface area contributed by atoms with E-state index < -0.39 is 0 Å². The molecule has 0 heterocycles. The summed E-state index contributed by atoms with van der Waals surface area (Å²) in [5, 5.41) is 0. The van der Waals surface area contributed by atoms with Gasteiger partial charge in [0.2, 0.25) is 0 Å². The third-order valence-electron chi connectivity index (χ3n) is 2.39. The van der Waals surface area contributed by atoms with E-state index in [1.54, 1.807) is 0 Å². The third kappa shape index (κ3) is 2.20. The topological polar surface area (TPSA) is 0 Å². The summed E-state index contributed by atoms with van der Waals surface area (Å²) in [6.07, 6.45) is 7.98. The summed E-state index contributed by atoms with van der Waals surface area (Å²) >= 11 is 0. The Morgan fingerprint density at radius 2 is 2.08 bits per heavy atom. The van der Waals surface area contributed by atoms with Gasteiger partial charge >= 0.3 is 0 Å². The number of hydrogen-bond acceptors (Lipinski definition) is 0. The van der Waals surface area contributed by atoms with Crippen LogP contribution in [0.25, 0.3) is 6.08 Å². The smallest absolute Gasteiger partial charge is 0 e. The molecule has 0 saturated carbocycles. The Morgan fingerprint density at radius 1 is 1.31 bits per heavy atom. The summed E-state index contributed by atoms with van der Waals surface area (Å²) < 4.78 is 0. The first-order valence-electron chi connectivity index (χ1n) is 4.60. The molecule has 0 amide bonds. The van der Waals surface area contributed by atoms with Crippen LogP contribution in [0.1, 0.15) is 36.8 Å². The predicted octanol–water partition coefficient (Wildman–Crippen LogP) is 3.40. The van der Waals surface area contributed by atoms with Crippen LogP contribution in [0.3, 0.4) is 0 Å². The fourth-order valence-corrected chi connectivity index (χ4v) is 1.77. The molecule has 1 aromatic rings. The van der Waals surface area contributed by atoms with Gasteiger partial charge in [-0.15, -0.1) is 11.6 Å². The van der Waals surface area contributed by atoms with E-state index in [0.717, 1.165) is 0 Å². The van der Waals surface area contributed by atoms with Gasteiger partial charge in [-0.2, -0.15) is 5.56 Å². The van der Waals surface area contributed by atoms with E-state index in [1.165, 1.54) is 24.0 Å². The van der Waals surface area contributed by atoms with Crippen LogP contribution in [-0.2, 0) is 26.2 Å². The van der Waals surface area contributed by atoms with Crippen molar-refractivity contribution in [3.63, 3.8) is 0 Å². The first-order valence-corrected chi connectivity index (χ1v) is 4.60. The standard InChI is InChI=1S/C12H13.Zr/c1-2-5-10-8-9-11-6-3-4-7-12(10)11;/h3-4,6-7,9-10H,2,5H2,1H3;/q-1;. The van der Waals surface area contributed by atoms with Crippen LogP contribution in [0, 0.1) is 6.08 Å². The van der Waals surface area contributed by atoms with Crippen molar-refractivity contribution in [2.45, 2.75) is 25.7 Å². The van der Waals surface area contributed by atoms with Gasteiger partial charge < -0.3 is 0 Å². The molecule has 0 fully saturated rings. The molecule has 0 N–H and O–H groups in total. The molecular weight excluding hydrogens is 235 g/mol. The summed E-state index contributed by atoms with van der Waals surface area (Å²) in [5.41, 5.74) is 2.82. The molecule has 1 atom stereocenters. The van der Waals surface area contributed by atoms with Gasteiger partial charge in [-0.3, -0.25) is 6.08 Å². The van der Waals surface area contributed by atoms with E-state index in [-0.39, 0.29) is 26.2 Å². The Kier molecular flexibility index (Phi) is 4.12. The zero-order valence-electron chi connectivity index (χ0n) is 7.88. The summed E-state index contributed by atoms with van der Waals surface area (Å²) in [4.78, 5) is 0. The van der Waals surface area contributed by atoms with Crippen LogP contribution in [0.15, 0.2) is 24.3 Å². The van der Waals surface area contributed by atoms with Crippen molar-refractivity contribution in [2.24, 2.45) is 0 Å². The molecule has 13 heavy (non-hydrogen) atoms. The van der Waals surface area contributed by atoms with E-state index >= 15 is 0 Å². The van der Waals surface area contributed by atoms with Crippen molar-refractivity contribution in [3.8, 4) is 0 Å². The molecule has 66 valence electrons. The van der Waals surface area contributed by atoms with Crippen LogP contribution < -0.4 is 0 Å². The molecule has 0 spiro atoms. The molecule has 0 aromatic heterocycles. The quantitative estimate of drug-likeness (QED) is 0.704. The van der Waals surface area contributed by atoms with Gasteiger partial charge in [0.05, 0.1) is 0 Å². The van der Waals surface area contributed by atoms with E-state index in [1.807, 2.05) is 0 Å². The Balaban J connectivity index is 0.000000845. The van der Waals surface area contributed by atoms with Crippen molar-refractivity contribution in [1.82, 2.24) is 0 Å². The Labute approximate surface area is 99.2 Å². The number of hydrogen-bond donors (Lipinski definition) is 0. The van der Waals surface area contributed by atoms with E-state index in [9.17, 15) is 0 Å². The number of fused-ring (bicyclic) bond motifs is 1. The van der Waals surface area contributed by atoms with Crippen LogP contribution in [0.5, 0.6) is 0 Å². The van der Waals surface area contributed by atoms with Gasteiger partial charge in [0.1, 0.15) is 0 Å². The summed E-state index contributed by atoms with van der Waals surface area (Å²) in [5.74, 6) is 0.561. The van der Waals surface area contributed by atoms with E-state index in [4.69, 9.17) is 0 Å². The average molecular weight is 248 g/mol. The zero-order valence-corrected chi connectivity index (χ0v) is 10.3. The molecule has 0 aliphatic heterocycles. The second-order valence-corrected chi connectivity index (χ2v) is 3.28. The van der Waals surface area contributed by atoms with Gasteiger partial charge in [0.25, 0.3) is 0 Å². The maximum absolute atomic E-state index is 3.40. The third-order valence-corrected chi connectivity index (χ3v) is 2.39. The SMILES string of the molecule is CCCC1[C-]=Cc2ccccc21.[Zr]. The van der Waals surface area contributed by atoms with Gasteiger partial charge in [-0.25, -0.2) is 6.08 Å². The van der Waals surface area contributed by atoms with E-state index in [0.29, 0.717) is 5.92 Å². The Hall–Kier alpha value is -0.157. The van der Waals surface area contributed by atoms with Gasteiger partial charge in [-0.05, 0) is 0 Å². The van der Waals surface area contributed by atoms with Crippen molar-refractivity contribution in [2.75, 3.05) is 0 Å².